The summed E-state index contributed by atoms with van der Waals surface area (Å²) in [6.07, 6.45) is 16.1. The number of para-hydroxylation sites is 1. The maximum atomic E-state index is 14.0. The van der Waals surface area contributed by atoms with Crippen molar-refractivity contribution in [1.29, 1.82) is 0 Å². The molecule has 0 aromatic heterocycles. The van der Waals surface area contributed by atoms with Crippen LogP contribution in [0, 0.1) is 11.8 Å². The summed E-state index contributed by atoms with van der Waals surface area (Å²) < 4.78 is 7.27. The lowest BCUT2D eigenvalue weighted by molar-refractivity contribution is -0.438. The average Bonchev–Trinajstić information content (AvgIpc) is 3.60. The van der Waals surface area contributed by atoms with E-state index in [1.807, 2.05) is 36.4 Å². The van der Waals surface area contributed by atoms with Gasteiger partial charge in [-0.1, -0.05) is 120 Å². The minimum absolute atomic E-state index is 0.207. The maximum Gasteiger partial charge on any atom is 0.346 e. The molecule has 3 heterocycles. The average molecular weight is 813 g/mol. The van der Waals surface area contributed by atoms with Gasteiger partial charge in [0.25, 0.3) is 0 Å². The molecule has 3 aliphatic heterocycles. The van der Waals surface area contributed by atoms with E-state index in [0.717, 1.165) is 65.2 Å². The van der Waals surface area contributed by atoms with Gasteiger partial charge in [0, 0.05) is 75.1 Å². The minimum Gasteiger partial charge on any atom is -0.871 e. The summed E-state index contributed by atoms with van der Waals surface area (Å²) in [4.78, 5) is 41.3. The number of fused-ring (bicyclic) bond motifs is 2. The van der Waals surface area contributed by atoms with Gasteiger partial charge in [0.1, 0.15) is 6.54 Å². The van der Waals surface area contributed by atoms with E-state index >= 15 is 0 Å². The lowest BCUT2D eigenvalue weighted by atomic mass is 9.77. The largest absolute Gasteiger partial charge is 0.871 e. The quantitative estimate of drug-likeness (QED) is 0.0315. The standard InChI is InChI=1S/C54H56N2O5/c1-7-9-10-11-12-13-14-15-16-19-31-56-45-30-26-35(25-27-36-28-29-39-48-37(36)21-20-22-38(48)51(59)61-52(39)60)32-43(45)54(5,6)47(56)34-41-49(57)40(50(41)58)33-46-53(3,4)42-23-17-18-24-44(42)55(46)8-2/h17-18,20-24,26,28-30,32-34H,7-16,19,31H2,1-6H3. The molecule has 0 N–H and O–H groups in total. The lowest BCUT2D eigenvalue weighted by Crippen LogP contribution is -2.35. The first-order valence-electron chi connectivity index (χ1n) is 22.3. The number of ketones is 1. The molecule has 4 aromatic rings. The monoisotopic (exact) mass is 812 g/mol. The van der Waals surface area contributed by atoms with Gasteiger partial charge < -0.3 is 14.7 Å². The normalized spacial score (nSPS) is 18.5. The second kappa shape index (κ2) is 16.8. The Hall–Kier alpha value is -6.00. The molecule has 0 amide bonds. The SMILES string of the molecule is CCCCCCCCCCCC[N+]1=C(/C=C2\C(=O)C(/C=C3\N(CC)c4ccccc4C3(C)C)=C2[O-])C(C)(C)c2cc(C#Cc3ccc4c5c(cccc35)C(=O)OC4=O)ccc21. The van der Waals surface area contributed by atoms with E-state index in [9.17, 15) is 19.5 Å². The fourth-order valence-corrected chi connectivity index (χ4v) is 9.81. The van der Waals surface area contributed by atoms with Crippen molar-refractivity contribution in [3.8, 4) is 11.8 Å². The molecule has 0 saturated heterocycles. The molecule has 312 valence electrons. The third-order valence-electron chi connectivity index (χ3n) is 13.3. The van der Waals surface area contributed by atoms with Gasteiger partial charge in [0.2, 0.25) is 5.69 Å². The predicted octanol–water partition coefficient (Wildman–Crippen LogP) is 10.7. The van der Waals surface area contributed by atoms with E-state index in [1.54, 1.807) is 24.3 Å². The van der Waals surface area contributed by atoms with Crippen LogP contribution in [0.1, 0.15) is 149 Å². The van der Waals surface area contributed by atoms with E-state index in [1.165, 1.54) is 56.9 Å². The Morgan fingerprint density at radius 2 is 1.41 bits per heavy atom. The molecule has 4 aromatic carbocycles. The molecule has 0 bridgehead atoms. The number of cyclic esters (lactones) is 2. The first-order chi connectivity index (χ1) is 29.4. The summed E-state index contributed by atoms with van der Waals surface area (Å²) in [6.45, 7) is 14.5. The topological polar surface area (TPSA) is 89.8 Å². The zero-order valence-electron chi connectivity index (χ0n) is 36.5. The molecule has 0 unspecified atom stereocenters. The highest BCUT2D eigenvalue weighted by Crippen LogP contribution is 2.49. The molecule has 7 nitrogen and oxygen atoms in total. The van der Waals surface area contributed by atoms with Gasteiger partial charge in [-0.15, -0.1) is 0 Å². The molecular formula is C54H56N2O5. The second-order valence-electron chi connectivity index (χ2n) is 17.9. The molecule has 0 atom stereocenters. The van der Waals surface area contributed by atoms with Crippen LogP contribution in [0.4, 0.5) is 11.4 Å². The van der Waals surface area contributed by atoms with Crippen LogP contribution in [0.2, 0.25) is 0 Å². The Bertz CT molecular complexity index is 2660. The van der Waals surface area contributed by atoms with Crippen LogP contribution < -0.4 is 10.0 Å². The van der Waals surface area contributed by atoms with Crippen molar-refractivity contribution in [2.75, 3.05) is 18.0 Å². The van der Waals surface area contributed by atoms with Crippen molar-refractivity contribution < 1.29 is 28.8 Å². The fourth-order valence-electron chi connectivity index (χ4n) is 9.81. The second-order valence-corrected chi connectivity index (χ2v) is 17.9. The molecule has 61 heavy (non-hydrogen) atoms. The van der Waals surface area contributed by atoms with Crippen LogP contribution in [0.25, 0.3) is 10.8 Å². The molecule has 4 aliphatic rings. The highest BCUT2D eigenvalue weighted by atomic mass is 16.6. The highest BCUT2D eigenvalue weighted by Gasteiger charge is 2.46. The van der Waals surface area contributed by atoms with Crippen LogP contribution in [-0.4, -0.2) is 41.1 Å². The molecule has 0 saturated carbocycles. The van der Waals surface area contributed by atoms with E-state index < -0.39 is 17.4 Å². The summed E-state index contributed by atoms with van der Waals surface area (Å²) >= 11 is 0. The summed E-state index contributed by atoms with van der Waals surface area (Å²) in [5.74, 6) is 4.96. The maximum absolute atomic E-state index is 14.0. The number of hydrogen-bond donors (Lipinski definition) is 0. The van der Waals surface area contributed by atoms with Crippen LogP contribution in [0.15, 0.2) is 108 Å². The fraction of sp³-hybridized carbons (Fsp3) is 0.370. The number of carbonyl (C=O) groups is 3. The zero-order chi connectivity index (χ0) is 43.1. The molecule has 7 heteroatoms. The van der Waals surface area contributed by atoms with Gasteiger partial charge in [-0.25, -0.2) is 9.59 Å². The highest BCUT2D eigenvalue weighted by molar-refractivity contribution is 6.24. The summed E-state index contributed by atoms with van der Waals surface area (Å²) in [6, 6.07) is 23.4. The number of carbonyl (C=O) groups excluding carboxylic acids is 3. The van der Waals surface area contributed by atoms with E-state index in [0.29, 0.717) is 22.1 Å². The smallest absolute Gasteiger partial charge is 0.346 e. The van der Waals surface area contributed by atoms with Gasteiger partial charge in [0.15, 0.2) is 11.5 Å². The van der Waals surface area contributed by atoms with Crippen LogP contribution in [0.3, 0.4) is 0 Å². The van der Waals surface area contributed by atoms with Crippen LogP contribution in [0.5, 0.6) is 0 Å². The van der Waals surface area contributed by atoms with Gasteiger partial charge in [-0.3, -0.25) is 4.79 Å². The number of benzene rings is 4. The number of allylic oxidation sites excluding steroid dienone is 5. The van der Waals surface area contributed by atoms with E-state index in [-0.39, 0.29) is 28.1 Å². The van der Waals surface area contributed by atoms with Gasteiger partial charge >= 0.3 is 11.9 Å². The van der Waals surface area contributed by atoms with Gasteiger partial charge in [0.05, 0.1) is 16.5 Å². The predicted molar refractivity (Wildman–Crippen MR) is 241 cm³/mol. The van der Waals surface area contributed by atoms with Gasteiger partial charge in [-0.2, -0.15) is 4.58 Å². The summed E-state index contributed by atoms with van der Waals surface area (Å²) in [5.41, 5.74) is 8.19. The number of unbranched alkanes of at least 4 members (excludes halogenated alkanes) is 9. The molecular weight excluding hydrogens is 757 g/mol. The Labute approximate surface area is 360 Å². The third kappa shape index (κ3) is 7.45. The third-order valence-corrected chi connectivity index (χ3v) is 13.3. The number of esters is 2. The van der Waals surface area contributed by atoms with Crippen molar-refractivity contribution in [3.05, 3.63) is 141 Å². The molecule has 0 radical (unpaired) electrons. The number of nitrogens with zero attached hydrogens (tertiary/aromatic N) is 2. The number of rotatable bonds is 14. The molecule has 0 fully saturated rings. The van der Waals surface area contributed by atoms with Crippen molar-refractivity contribution >= 4 is 45.6 Å². The number of ether oxygens (including phenoxy) is 1. The van der Waals surface area contributed by atoms with Crippen molar-refractivity contribution in [1.82, 2.24) is 0 Å². The molecule has 1 aliphatic carbocycles. The van der Waals surface area contributed by atoms with Crippen LogP contribution in [-0.2, 0) is 20.4 Å². The summed E-state index contributed by atoms with van der Waals surface area (Å²) in [7, 11) is 0. The zero-order valence-corrected chi connectivity index (χ0v) is 36.5. The van der Waals surface area contributed by atoms with Crippen molar-refractivity contribution in [3.63, 3.8) is 0 Å². The first-order valence-corrected chi connectivity index (χ1v) is 22.3. The number of hydrogen-bond acceptors (Lipinski definition) is 6. The Kier molecular flexibility index (Phi) is 11.5. The van der Waals surface area contributed by atoms with Crippen molar-refractivity contribution in [2.24, 2.45) is 0 Å². The molecule has 0 spiro atoms. The van der Waals surface area contributed by atoms with Gasteiger partial charge in [-0.05, 0) is 80.6 Å². The van der Waals surface area contributed by atoms with Crippen molar-refractivity contribution in [2.45, 2.75) is 117 Å². The number of Topliss-reactive ketones (excluding diaryl/α,β-unsaturated/α-hetero) is 1. The van der Waals surface area contributed by atoms with E-state index in [2.05, 4.69) is 87.1 Å². The number of likely N-dealkylation sites (N-methyl/N-ethyl adjacent to an activating group) is 1. The lowest BCUT2D eigenvalue weighted by Gasteiger charge is -2.32. The number of anilines is 1. The summed E-state index contributed by atoms with van der Waals surface area (Å²) in [5, 5.41) is 15.3. The van der Waals surface area contributed by atoms with Crippen LogP contribution >= 0.6 is 0 Å². The Balaban J connectivity index is 1.10. The Morgan fingerprint density at radius 1 is 0.721 bits per heavy atom. The molecule has 8 rings (SSSR count). The minimum atomic E-state index is -0.651. The Morgan fingerprint density at radius 3 is 2.11 bits per heavy atom. The first kappa shape index (κ1) is 41.7. The van der Waals surface area contributed by atoms with E-state index in [4.69, 9.17) is 4.74 Å².